The van der Waals surface area contributed by atoms with Gasteiger partial charge in [-0.2, -0.15) is 0 Å². The summed E-state index contributed by atoms with van der Waals surface area (Å²) >= 11 is 0. The number of halogens is 4. The van der Waals surface area contributed by atoms with Crippen molar-refractivity contribution >= 4 is 29.9 Å². The minimum Gasteiger partial charge on any atom is -0.406 e. The first-order valence-corrected chi connectivity index (χ1v) is 5.42. The molecule has 0 spiro atoms. The summed E-state index contributed by atoms with van der Waals surface area (Å²) in [6, 6.07) is 4.59. The number of nitrogens with two attached hydrogens (primary N) is 1. The van der Waals surface area contributed by atoms with Gasteiger partial charge in [-0.3, -0.25) is 9.59 Å². The number of carbonyl (C=O) groups excluding carboxylic acids is 2. The van der Waals surface area contributed by atoms with E-state index >= 15 is 0 Å². The van der Waals surface area contributed by atoms with Crippen molar-refractivity contribution in [3.05, 3.63) is 24.3 Å². The van der Waals surface area contributed by atoms with Gasteiger partial charge in [0.25, 0.3) is 0 Å². The van der Waals surface area contributed by atoms with Crippen LogP contribution >= 0.6 is 12.4 Å². The maximum atomic E-state index is 11.9. The van der Waals surface area contributed by atoms with E-state index in [1.54, 1.807) is 0 Å². The van der Waals surface area contributed by atoms with E-state index in [-0.39, 0.29) is 31.2 Å². The summed E-state index contributed by atoms with van der Waals surface area (Å²) in [5, 5.41) is 4.63. The molecule has 6 nitrogen and oxygen atoms in total. The number of amides is 2. The number of carbonyl (C=O) groups is 2. The number of hydrogen-bond donors (Lipinski definition) is 3. The van der Waals surface area contributed by atoms with Gasteiger partial charge in [-0.25, -0.2) is 0 Å². The van der Waals surface area contributed by atoms with Crippen LogP contribution in [0, 0.1) is 0 Å². The molecule has 10 heteroatoms. The molecule has 0 aliphatic rings. The Labute approximate surface area is 124 Å². The molecule has 1 rings (SSSR count). The van der Waals surface area contributed by atoms with Gasteiger partial charge in [-0.15, -0.1) is 25.6 Å². The Morgan fingerprint density at radius 2 is 1.71 bits per heavy atom. The van der Waals surface area contributed by atoms with Crippen LogP contribution in [0.25, 0.3) is 0 Å². The van der Waals surface area contributed by atoms with Crippen molar-refractivity contribution < 1.29 is 27.5 Å². The van der Waals surface area contributed by atoms with E-state index in [1.807, 2.05) is 0 Å². The van der Waals surface area contributed by atoms with Crippen LogP contribution in [-0.2, 0) is 9.59 Å². The number of anilines is 1. The van der Waals surface area contributed by atoms with E-state index in [2.05, 4.69) is 15.4 Å². The van der Waals surface area contributed by atoms with E-state index < -0.39 is 23.9 Å². The molecule has 118 valence electrons. The monoisotopic (exact) mass is 327 g/mol. The zero-order chi connectivity index (χ0) is 15.2. The highest BCUT2D eigenvalue weighted by Gasteiger charge is 2.30. The largest absolute Gasteiger partial charge is 0.573 e. The molecule has 0 atom stereocenters. The molecule has 0 saturated heterocycles. The van der Waals surface area contributed by atoms with Crippen molar-refractivity contribution in [3.8, 4) is 5.75 Å². The van der Waals surface area contributed by atoms with Crippen molar-refractivity contribution in [3.63, 3.8) is 0 Å². The average Bonchev–Trinajstić information content (AvgIpc) is 2.36. The second-order valence-electron chi connectivity index (χ2n) is 3.60. The van der Waals surface area contributed by atoms with E-state index in [9.17, 15) is 22.8 Å². The standard InChI is InChI=1S/C11H12F3N3O3.ClH/c12-11(13,14)20-8-3-1-7(2-4-8)17-10(19)6-16-9(18)5-15;/h1-4H,5-6,15H2,(H,16,18)(H,17,19);1H. The molecule has 21 heavy (non-hydrogen) atoms. The Morgan fingerprint density at radius 1 is 1.14 bits per heavy atom. The van der Waals surface area contributed by atoms with Gasteiger partial charge >= 0.3 is 6.36 Å². The molecule has 4 N–H and O–H groups in total. The maximum absolute atomic E-state index is 11.9. The quantitative estimate of drug-likeness (QED) is 0.752. The number of rotatable bonds is 5. The van der Waals surface area contributed by atoms with Gasteiger partial charge in [0.1, 0.15) is 5.75 Å². The number of nitrogens with one attached hydrogen (secondary N) is 2. The van der Waals surface area contributed by atoms with Crippen LogP contribution in [0.1, 0.15) is 0 Å². The molecule has 0 bridgehead atoms. The summed E-state index contributed by atoms with van der Waals surface area (Å²) in [7, 11) is 0. The van der Waals surface area contributed by atoms with E-state index in [0.29, 0.717) is 0 Å². The van der Waals surface area contributed by atoms with Crippen LogP contribution in [0.5, 0.6) is 5.75 Å². The Morgan fingerprint density at radius 3 is 2.19 bits per heavy atom. The third-order valence-corrected chi connectivity index (χ3v) is 2.00. The van der Waals surface area contributed by atoms with Gasteiger partial charge in [0.2, 0.25) is 11.8 Å². The zero-order valence-corrected chi connectivity index (χ0v) is 11.4. The van der Waals surface area contributed by atoms with Crippen LogP contribution in [-0.4, -0.2) is 31.3 Å². The predicted molar refractivity (Wildman–Crippen MR) is 71.1 cm³/mol. The van der Waals surface area contributed by atoms with Crippen LogP contribution in [0.15, 0.2) is 24.3 Å². The minimum absolute atomic E-state index is 0. The number of alkyl halides is 3. The average molecular weight is 328 g/mol. The second-order valence-corrected chi connectivity index (χ2v) is 3.60. The fourth-order valence-electron chi connectivity index (χ4n) is 1.20. The lowest BCUT2D eigenvalue weighted by Gasteiger charge is -2.10. The normalized spacial score (nSPS) is 10.3. The minimum atomic E-state index is -4.77. The van der Waals surface area contributed by atoms with Gasteiger partial charge in [-0.05, 0) is 24.3 Å². The van der Waals surface area contributed by atoms with Gasteiger partial charge in [-0.1, -0.05) is 0 Å². The Bertz CT molecular complexity index is 480. The molecule has 0 aliphatic carbocycles. The van der Waals surface area contributed by atoms with Crippen molar-refractivity contribution in [2.24, 2.45) is 5.73 Å². The molecule has 0 fully saturated rings. The van der Waals surface area contributed by atoms with Crippen LogP contribution in [0.3, 0.4) is 0 Å². The molecule has 0 heterocycles. The van der Waals surface area contributed by atoms with Gasteiger partial charge in [0.15, 0.2) is 0 Å². The molecular formula is C11H13ClF3N3O3. The van der Waals surface area contributed by atoms with E-state index in [4.69, 9.17) is 5.73 Å². The Kier molecular flexibility index (Phi) is 7.53. The summed E-state index contributed by atoms with van der Waals surface area (Å²) in [5.41, 5.74) is 5.30. The van der Waals surface area contributed by atoms with Crippen molar-refractivity contribution in [2.45, 2.75) is 6.36 Å². The summed E-state index contributed by atoms with van der Waals surface area (Å²) in [5.74, 6) is -1.42. The molecule has 0 unspecified atom stereocenters. The molecule has 0 aromatic heterocycles. The smallest absolute Gasteiger partial charge is 0.406 e. The lowest BCUT2D eigenvalue weighted by atomic mass is 10.3. The molecule has 0 saturated carbocycles. The third-order valence-electron chi connectivity index (χ3n) is 2.00. The molecule has 0 radical (unpaired) electrons. The van der Waals surface area contributed by atoms with Crippen molar-refractivity contribution in [1.29, 1.82) is 0 Å². The first kappa shape index (κ1) is 19.0. The number of ether oxygens (including phenoxy) is 1. The first-order valence-electron chi connectivity index (χ1n) is 5.42. The van der Waals surface area contributed by atoms with Crippen molar-refractivity contribution in [1.82, 2.24) is 5.32 Å². The Balaban J connectivity index is 0.00000400. The Hall–Kier alpha value is -2.00. The number of benzene rings is 1. The second kappa shape index (κ2) is 8.32. The van der Waals surface area contributed by atoms with E-state index in [0.717, 1.165) is 12.1 Å². The molecule has 1 aromatic rings. The van der Waals surface area contributed by atoms with Crippen LogP contribution < -0.4 is 21.1 Å². The summed E-state index contributed by atoms with van der Waals surface area (Å²) in [6.45, 7) is -0.520. The lowest BCUT2D eigenvalue weighted by molar-refractivity contribution is -0.274. The zero-order valence-electron chi connectivity index (χ0n) is 10.6. The SMILES string of the molecule is Cl.NCC(=O)NCC(=O)Nc1ccc(OC(F)(F)F)cc1. The molecule has 2 amide bonds. The third kappa shape index (κ3) is 8.00. The highest BCUT2D eigenvalue weighted by molar-refractivity contribution is 5.94. The van der Waals surface area contributed by atoms with Gasteiger partial charge < -0.3 is 21.1 Å². The van der Waals surface area contributed by atoms with E-state index in [1.165, 1.54) is 12.1 Å². The van der Waals surface area contributed by atoms with Crippen LogP contribution in [0.2, 0.25) is 0 Å². The highest BCUT2D eigenvalue weighted by Crippen LogP contribution is 2.23. The van der Waals surface area contributed by atoms with Gasteiger partial charge in [0.05, 0.1) is 13.1 Å². The molecule has 0 aliphatic heterocycles. The summed E-state index contributed by atoms with van der Waals surface area (Å²) < 4.78 is 39.4. The predicted octanol–water partition coefficient (Wildman–Crippen LogP) is 1.02. The van der Waals surface area contributed by atoms with Crippen molar-refractivity contribution in [2.75, 3.05) is 18.4 Å². The fraction of sp³-hybridized carbons (Fsp3) is 0.273. The highest BCUT2D eigenvalue weighted by atomic mass is 35.5. The lowest BCUT2D eigenvalue weighted by Crippen LogP contribution is -2.36. The summed E-state index contributed by atoms with van der Waals surface area (Å²) in [4.78, 5) is 22.2. The maximum Gasteiger partial charge on any atom is 0.573 e. The summed E-state index contributed by atoms with van der Waals surface area (Å²) in [6.07, 6.45) is -4.77. The van der Waals surface area contributed by atoms with Gasteiger partial charge in [0, 0.05) is 5.69 Å². The fourth-order valence-corrected chi connectivity index (χ4v) is 1.20. The first-order chi connectivity index (χ1) is 9.30. The van der Waals surface area contributed by atoms with Crippen LogP contribution in [0.4, 0.5) is 18.9 Å². The molecular weight excluding hydrogens is 315 g/mol. The topological polar surface area (TPSA) is 93.5 Å². The molecule has 1 aromatic carbocycles. The number of hydrogen-bond acceptors (Lipinski definition) is 4.